The van der Waals surface area contributed by atoms with Crippen LogP contribution in [0.3, 0.4) is 0 Å². The van der Waals surface area contributed by atoms with Crippen molar-refractivity contribution in [3.63, 3.8) is 0 Å². The largest absolute Gasteiger partial charge is 0.312 e. The lowest BCUT2D eigenvalue weighted by Gasteiger charge is -2.25. The minimum atomic E-state index is -0.0243. The van der Waals surface area contributed by atoms with Crippen LogP contribution in [-0.2, 0) is 0 Å². The Morgan fingerprint density at radius 1 is 1.27 bits per heavy atom. The van der Waals surface area contributed by atoms with E-state index in [1.165, 1.54) is 25.7 Å². The molecule has 0 aromatic heterocycles. The Hall–Kier alpha value is -0.570. The highest BCUT2D eigenvalue weighted by molar-refractivity contribution is 5.85. The first-order valence-corrected chi connectivity index (χ1v) is 6.06. The molecule has 3 heteroatoms. The molecule has 0 heterocycles. The van der Waals surface area contributed by atoms with E-state index in [1.807, 2.05) is 0 Å². The van der Waals surface area contributed by atoms with Crippen LogP contribution in [0.5, 0.6) is 0 Å². The predicted molar refractivity (Wildman–Crippen MR) is 63.4 cm³/mol. The van der Waals surface area contributed by atoms with Crippen molar-refractivity contribution in [2.75, 3.05) is 0 Å². The van der Waals surface area contributed by atoms with Crippen LogP contribution >= 0.6 is 0 Å². The fourth-order valence-corrected chi connectivity index (χ4v) is 3.16. The third-order valence-electron chi connectivity index (χ3n) is 3.69. The van der Waals surface area contributed by atoms with Crippen molar-refractivity contribution in [2.24, 2.45) is 28.6 Å². The molecule has 3 unspecified atom stereocenters. The molecule has 0 aliphatic heterocycles. The van der Waals surface area contributed by atoms with E-state index < -0.39 is 0 Å². The maximum absolute atomic E-state index is 5.61. The van der Waals surface area contributed by atoms with Crippen LogP contribution in [0.25, 0.3) is 0 Å². The van der Waals surface area contributed by atoms with Gasteiger partial charge in [0, 0.05) is 5.92 Å². The molecule has 2 saturated carbocycles. The summed E-state index contributed by atoms with van der Waals surface area (Å²) in [7, 11) is 0. The highest BCUT2D eigenvalue weighted by Crippen LogP contribution is 2.48. The number of nitrogens with one attached hydrogen (secondary N) is 1. The molecule has 15 heavy (non-hydrogen) atoms. The van der Waals surface area contributed by atoms with Gasteiger partial charge in [-0.15, -0.1) is 0 Å². The van der Waals surface area contributed by atoms with Crippen LogP contribution < -0.4 is 11.3 Å². The van der Waals surface area contributed by atoms with Crippen molar-refractivity contribution < 1.29 is 0 Å². The van der Waals surface area contributed by atoms with E-state index in [0.29, 0.717) is 5.92 Å². The topological polar surface area (TPSA) is 50.4 Å². The Labute approximate surface area is 92.5 Å². The lowest BCUT2D eigenvalue weighted by molar-refractivity contribution is 0.403. The van der Waals surface area contributed by atoms with E-state index in [2.05, 4.69) is 26.2 Å². The van der Waals surface area contributed by atoms with Crippen LogP contribution in [0.2, 0.25) is 0 Å². The Bertz CT molecular complexity index is 265. The summed E-state index contributed by atoms with van der Waals surface area (Å²) in [5.74, 6) is 9.04. The summed E-state index contributed by atoms with van der Waals surface area (Å²) in [6.07, 6.45) is 5.49. The summed E-state index contributed by atoms with van der Waals surface area (Å²) in [6.45, 7) is 6.37. The number of aliphatic imine (C=N–C) groups is 1. The van der Waals surface area contributed by atoms with Crippen LogP contribution in [-0.4, -0.2) is 11.4 Å². The average molecular weight is 209 g/mol. The lowest BCUT2D eigenvalue weighted by atomic mass is 9.87. The van der Waals surface area contributed by atoms with E-state index in [-0.39, 0.29) is 5.54 Å². The van der Waals surface area contributed by atoms with Gasteiger partial charge in [0.2, 0.25) is 0 Å². The molecule has 2 aliphatic carbocycles. The molecular formula is C12H23N3. The maximum atomic E-state index is 5.61. The first-order chi connectivity index (χ1) is 6.99. The number of amidine groups is 1. The predicted octanol–water partition coefficient (Wildman–Crippen LogP) is 2.08. The van der Waals surface area contributed by atoms with Gasteiger partial charge in [-0.05, 0) is 51.9 Å². The molecule has 3 nitrogen and oxygen atoms in total. The SMILES string of the molecule is CC(C)(C)N=C(NN)C1CC2CCC1C2. The summed E-state index contributed by atoms with van der Waals surface area (Å²) in [4.78, 5) is 4.71. The zero-order valence-corrected chi connectivity index (χ0v) is 10.1. The fraction of sp³-hybridized carbons (Fsp3) is 0.917. The minimum Gasteiger partial charge on any atom is -0.312 e. The summed E-state index contributed by atoms with van der Waals surface area (Å²) in [6, 6.07) is 0. The molecule has 0 amide bonds. The van der Waals surface area contributed by atoms with Crippen LogP contribution in [0.4, 0.5) is 0 Å². The molecule has 2 aliphatic rings. The van der Waals surface area contributed by atoms with Gasteiger partial charge in [0.15, 0.2) is 0 Å². The highest BCUT2D eigenvalue weighted by atomic mass is 15.3. The molecule has 0 radical (unpaired) electrons. The number of rotatable bonds is 1. The van der Waals surface area contributed by atoms with E-state index in [0.717, 1.165) is 17.7 Å². The number of hydrogen-bond acceptors (Lipinski definition) is 2. The van der Waals surface area contributed by atoms with Crippen molar-refractivity contribution in [1.82, 2.24) is 5.43 Å². The van der Waals surface area contributed by atoms with Gasteiger partial charge in [-0.25, -0.2) is 5.84 Å². The van der Waals surface area contributed by atoms with Gasteiger partial charge in [0.25, 0.3) is 0 Å². The van der Waals surface area contributed by atoms with Crippen molar-refractivity contribution in [3.05, 3.63) is 0 Å². The zero-order chi connectivity index (χ0) is 11.1. The van der Waals surface area contributed by atoms with Crippen molar-refractivity contribution in [2.45, 2.75) is 52.0 Å². The monoisotopic (exact) mass is 209 g/mol. The fourth-order valence-electron chi connectivity index (χ4n) is 3.16. The molecule has 0 aromatic carbocycles. The molecule has 0 spiro atoms. The Balaban J connectivity index is 2.11. The second-order valence-electron chi connectivity index (χ2n) is 6.09. The van der Waals surface area contributed by atoms with Crippen molar-refractivity contribution in [1.29, 1.82) is 0 Å². The maximum Gasteiger partial charge on any atom is 0.114 e. The van der Waals surface area contributed by atoms with Gasteiger partial charge >= 0.3 is 0 Å². The number of fused-ring (bicyclic) bond motifs is 2. The van der Waals surface area contributed by atoms with Crippen molar-refractivity contribution >= 4 is 5.84 Å². The second kappa shape index (κ2) is 3.78. The summed E-state index contributed by atoms with van der Waals surface area (Å²) >= 11 is 0. The Kier molecular flexibility index (Phi) is 2.75. The quantitative estimate of drug-likeness (QED) is 0.301. The molecule has 3 N–H and O–H groups in total. The number of hydrogen-bond donors (Lipinski definition) is 2. The van der Waals surface area contributed by atoms with Crippen molar-refractivity contribution in [3.8, 4) is 0 Å². The van der Waals surface area contributed by atoms with E-state index in [1.54, 1.807) is 0 Å². The molecule has 3 atom stereocenters. The molecule has 2 rings (SSSR count). The number of nitrogens with two attached hydrogens (primary N) is 1. The first kappa shape index (κ1) is 10.9. The normalized spacial score (nSPS) is 36.0. The summed E-state index contributed by atoms with van der Waals surface area (Å²) in [5.41, 5.74) is 2.81. The second-order valence-corrected chi connectivity index (χ2v) is 6.09. The lowest BCUT2D eigenvalue weighted by Crippen LogP contribution is -2.40. The molecule has 0 aromatic rings. The van der Waals surface area contributed by atoms with E-state index in [9.17, 15) is 0 Å². The van der Waals surface area contributed by atoms with E-state index in [4.69, 9.17) is 10.8 Å². The standard InChI is InChI=1S/C12H23N3/c1-12(2,3)14-11(15-13)10-7-8-4-5-9(10)6-8/h8-10H,4-7,13H2,1-3H3,(H,14,15). The zero-order valence-electron chi connectivity index (χ0n) is 10.1. The number of hydrazine groups is 1. The highest BCUT2D eigenvalue weighted by Gasteiger charge is 2.42. The van der Waals surface area contributed by atoms with Gasteiger partial charge in [-0.2, -0.15) is 0 Å². The van der Waals surface area contributed by atoms with Crippen LogP contribution in [0, 0.1) is 17.8 Å². The van der Waals surface area contributed by atoms with Gasteiger partial charge in [0.05, 0.1) is 5.54 Å². The van der Waals surface area contributed by atoms with Gasteiger partial charge in [0.1, 0.15) is 5.84 Å². The van der Waals surface area contributed by atoms with Gasteiger partial charge in [-0.1, -0.05) is 6.42 Å². The van der Waals surface area contributed by atoms with Crippen LogP contribution in [0.15, 0.2) is 4.99 Å². The van der Waals surface area contributed by atoms with Gasteiger partial charge in [-0.3, -0.25) is 4.99 Å². The Morgan fingerprint density at radius 2 is 2.00 bits per heavy atom. The summed E-state index contributed by atoms with van der Waals surface area (Å²) < 4.78 is 0. The number of nitrogens with zero attached hydrogens (tertiary/aromatic N) is 1. The van der Waals surface area contributed by atoms with Crippen LogP contribution in [0.1, 0.15) is 46.5 Å². The molecule has 86 valence electrons. The third-order valence-corrected chi connectivity index (χ3v) is 3.69. The molecule has 2 bridgehead atoms. The Morgan fingerprint density at radius 3 is 2.40 bits per heavy atom. The van der Waals surface area contributed by atoms with E-state index >= 15 is 0 Å². The molecular weight excluding hydrogens is 186 g/mol. The smallest absolute Gasteiger partial charge is 0.114 e. The first-order valence-electron chi connectivity index (χ1n) is 6.06. The summed E-state index contributed by atoms with van der Waals surface area (Å²) in [5, 5.41) is 0. The van der Waals surface area contributed by atoms with Gasteiger partial charge < -0.3 is 5.43 Å². The molecule has 2 fully saturated rings. The molecule has 0 saturated heterocycles. The third kappa shape index (κ3) is 2.33. The average Bonchev–Trinajstić information content (AvgIpc) is 2.73. The minimum absolute atomic E-state index is 0.0243.